The highest BCUT2D eigenvalue weighted by Crippen LogP contribution is 2.36. The molecule has 36 heavy (non-hydrogen) atoms. The van der Waals surface area contributed by atoms with E-state index in [0.29, 0.717) is 19.1 Å². The van der Waals surface area contributed by atoms with Crippen molar-refractivity contribution in [1.82, 2.24) is 19.6 Å². The Kier molecular flexibility index (Phi) is 8.24. The molecule has 4 rings (SSSR count). The predicted octanol–water partition coefficient (Wildman–Crippen LogP) is 5.86. The summed E-state index contributed by atoms with van der Waals surface area (Å²) in [4.78, 5) is 19.5. The molecule has 7 nitrogen and oxygen atoms in total. The average Bonchev–Trinajstić information content (AvgIpc) is 3.13. The molecule has 2 aliphatic heterocycles. The molecule has 0 spiro atoms. The Morgan fingerprint density at radius 2 is 1.81 bits per heavy atom. The third-order valence-electron chi connectivity index (χ3n) is 7.64. The van der Waals surface area contributed by atoms with Crippen LogP contribution in [0, 0.1) is 10.5 Å². The molecule has 2 aliphatic rings. The van der Waals surface area contributed by atoms with E-state index in [-0.39, 0.29) is 11.6 Å². The molecule has 1 aromatic heterocycles. The minimum atomic E-state index is -0.464. The highest BCUT2D eigenvalue weighted by atomic mass is 127. The lowest BCUT2D eigenvalue weighted by molar-refractivity contribution is 0.0184. The smallest absolute Gasteiger partial charge is 0.410 e. The van der Waals surface area contributed by atoms with E-state index in [1.807, 2.05) is 25.7 Å². The molecule has 3 heterocycles. The zero-order valence-electron chi connectivity index (χ0n) is 22.8. The van der Waals surface area contributed by atoms with Crippen molar-refractivity contribution in [3.05, 3.63) is 45.2 Å². The van der Waals surface area contributed by atoms with Crippen molar-refractivity contribution in [2.45, 2.75) is 84.5 Å². The molecule has 8 heteroatoms. The monoisotopic (exact) mass is 607 g/mol. The lowest BCUT2D eigenvalue weighted by atomic mass is 9.92. The molecular weight excluding hydrogens is 565 g/mol. The predicted molar refractivity (Wildman–Crippen MR) is 154 cm³/mol. The van der Waals surface area contributed by atoms with E-state index in [4.69, 9.17) is 9.84 Å². The van der Waals surface area contributed by atoms with Gasteiger partial charge in [-0.15, -0.1) is 0 Å². The van der Waals surface area contributed by atoms with Gasteiger partial charge >= 0.3 is 6.09 Å². The molecule has 0 radical (unpaired) electrons. The number of halogens is 1. The Hall–Kier alpha value is -1.81. The first-order valence-electron chi connectivity index (χ1n) is 13.3. The van der Waals surface area contributed by atoms with Crippen molar-refractivity contribution in [2.75, 3.05) is 37.6 Å². The van der Waals surface area contributed by atoms with Crippen LogP contribution in [0.4, 0.5) is 10.6 Å². The maximum absolute atomic E-state index is 12.5. The van der Waals surface area contributed by atoms with Gasteiger partial charge in [0.1, 0.15) is 5.60 Å². The molecule has 1 amide bonds. The maximum atomic E-state index is 12.5. The Labute approximate surface area is 230 Å². The fourth-order valence-electron chi connectivity index (χ4n) is 5.43. The van der Waals surface area contributed by atoms with Crippen LogP contribution < -0.4 is 4.90 Å². The molecular formula is C28H42IN5O2. The number of piperidine rings is 1. The van der Waals surface area contributed by atoms with Gasteiger partial charge in [0.25, 0.3) is 0 Å². The number of piperazine rings is 1. The molecule has 0 N–H and O–H groups in total. The summed E-state index contributed by atoms with van der Waals surface area (Å²) in [5, 5.41) is 5.22. The van der Waals surface area contributed by atoms with Crippen LogP contribution >= 0.6 is 22.6 Å². The Balaban J connectivity index is 1.46. The summed E-state index contributed by atoms with van der Waals surface area (Å²) >= 11 is 2.49. The quantitative estimate of drug-likeness (QED) is 0.399. The number of amides is 1. The van der Waals surface area contributed by atoms with Gasteiger partial charge in [-0.25, -0.2) is 4.79 Å². The third kappa shape index (κ3) is 6.01. The number of aromatic nitrogens is 2. The summed E-state index contributed by atoms with van der Waals surface area (Å²) in [6.07, 6.45) is 2.65. The number of hydrogen-bond acceptors (Lipinski definition) is 5. The molecule has 1 aromatic carbocycles. The molecule has 0 aliphatic carbocycles. The van der Waals surface area contributed by atoms with Crippen LogP contribution in [0.2, 0.25) is 0 Å². The van der Waals surface area contributed by atoms with Crippen molar-refractivity contribution in [3.8, 4) is 0 Å². The van der Waals surface area contributed by atoms with Gasteiger partial charge in [0.2, 0.25) is 0 Å². The summed E-state index contributed by atoms with van der Waals surface area (Å²) in [6.45, 7) is 18.0. The van der Waals surface area contributed by atoms with E-state index in [9.17, 15) is 4.79 Å². The number of rotatable bonds is 5. The summed E-state index contributed by atoms with van der Waals surface area (Å²) < 4.78 is 9.06. The molecule has 0 saturated carbocycles. The summed E-state index contributed by atoms with van der Waals surface area (Å²) in [5.41, 5.74) is 2.16. The number of ether oxygens (including phenoxy) is 1. The van der Waals surface area contributed by atoms with Gasteiger partial charge in [-0.3, -0.25) is 9.58 Å². The van der Waals surface area contributed by atoms with E-state index in [1.165, 1.54) is 14.8 Å². The molecule has 0 unspecified atom stereocenters. The zero-order valence-corrected chi connectivity index (χ0v) is 24.9. The van der Waals surface area contributed by atoms with Crippen molar-refractivity contribution in [2.24, 2.45) is 0 Å². The standard InChI is InChI=1S/C28H42IN5O2/c1-7-28(6)20-31(19-22-11-9-8-10-12-22)17-18-33(28)25-24(29)21(2)34(30-25)23-13-15-32(16-14-23)26(35)36-27(3,4)5/h8-12,23H,7,13-20H2,1-6H3/t28-/m0/s1. The van der Waals surface area contributed by atoms with Crippen molar-refractivity contribution in [1.29, 1.82) is 0 Å². The van der Waals surface area contributed by atoms with Gasteiger partial charge in [0.15, 0.2) is 5.82 Å². The van der Waals surface area contributed by atoms with E-state index in [0.717, 1.165) is 51.3 Å². The number of nitrogens with zero attached hydrogens (tertiary/aromatic N) is 5. The first-order valence-corrected chi connectivity index (χ1v) is 14.3. The number of carbonyl (C=O) groups is 1. The van der Waals surface area contributed by atoms with Gasteiger partial charge in [0, 0.05) is 39.3 Å². The number of anilines is 1. The largest absolute Gasteiger partial charge is 0.444 e. The molecule has 2 aromatic rings. The van der Waals surface area contributed by atoms with Gasteiger partial charge in [-0.05, 0) is 82.0 Å². The maximum Gasteiger partial charge on any atom is 0.410 e. The zero-order chi connectivity index (χ0) is 26.1. The number of benzene rings is 1. The van der Waals surface area contributed by atoms with Crippen LogP contribution in [0.1, 0.15) is 71.2 Å². The molecule has 2 saturated heterocycles. The highest BCUT2D eigenvalue weighted by molar-refractivity contribution is 14.1. The SMILES string of the molecule is CC[C@@]1(C)CN(Cc2ccccc2)CCN1c1nn(C2CCN(C(=O)OC(C)(C)C)CC2)c(C)c1I. The van der Waals surface area contributed by atoms with Crippen LogP contribution in [-0.2, 0) is 11.3 Å². The van der Waals surface area contributed by atoms with E-state index in [2.05, 4.69) is 88.2 Å². The number of hydrogen-bond donors (Lipinski definition) is 0. The van der Waals surface area contributed by atoms with E-state index < -0.39 is 5.60 Å². The lowest BCUT2D eigenvalue weighted by Gasteiger charge is -2.49. The van der Waals surface area contributed by atoms with Crippen LogP contribution in [0.15, 0.2) is 30.3 Å². The first-order chi connectivity index (χ1) is 17.0. The highest BCUT2D eigenvalue weighted by Gasteiger charge is 2.39. The molecule has 198 valence electrons. The van der Waals surface area contributed by atoms with Crippen molar-refractivity contribution >= 4 is 34.5 Å². The van der Waals surface area contributed by atoms with Crippen LogP contribution in [0.3, 0.4) is 0 Å². The van der Waals surface area contributed by atoms with E-state index >= 15 is 0 Å². The van der Waals surface area contributed by atoms with Gasteiger partial charge in [-0.1, -0.05) is 37.3 Å². The van der Waals surface area contributed by atoms with Gasteiger partial charge in [-0.2, -0.15) is 5.10 Å². The van der Waals surface area contributed by atoms with Gasteiger partial charge in [0.05, 0.1) is 20.8 Å². The topological polar surface area (TPSA) is 53.8 Å². The molecule has 1 atom stereocenters. The Morgan fingerprint density at radius 1 is 1.14 bits per heavy atom. The number of likely N-dealkylation sites (tertiary alicyclic amines) is 1. The second kappa shape index (κ2) is 10.9. The fourth-order valence-corrected chi connectivity index (χ4v) is 6.08. The Bertz CT molecular complexity index is 1040. The third-order valence-corrected chi connectivity index (χ3v) is 8.91. The Morgan fingerprint density at radius 3 is 2.42 bits per heavy atom. The minimum Gasteiger partial charge on any atom is -0.444 e. The summed E-state index contributed by atoms with van der Waals surface area (Å²) in [6, 6.07) is 11.1. The van der Waals surface area contributed by atoms with E-state index in [1.54, 1.807) is 0 Å². The van der Waals surface area contributed by atoms with Crippen molar-refractivity contribution in [3.63, 3.8) is 0 Å². The first kappa shape index (κ1) is 27.2. The van der Waals surface area contributed by atoms with Crippen LogP contribution in [-0.4, -0.2) is 69.5 Å². The van der Waals surface area contributed by atoms with Crippen LogP contribution in [0.25, 0.3) is 0 Å². The normalized spacial score (nSPS) is 22.2. The molecule has 2 fully saturated rings. The van der Waals surface area contributed by atoms with Gasteiger partial charge < -0.3 is 14.5 Å². The number of carbonyl (C=O) groups excluding carboxylic acids is 1. The minimum absolute atomic E-state index is 0.0264. The molecule has 0 bridgehead atoms. The second-order valence-electron chi connectivity index (χ2n) is 11.6. The van der Waals surface area contributed by atoms with Crippen molar-refractivity contribution < 1.29 is 9.53 Å². The summed E-state index contributed by atoms with van der Waals surface area (Å²) in [7, 11) is 0. The average molecular weight is 608 g/mol. The second-order valence-corrected chi connectivity index (χ2v) is 12.6. The van der Waals surface area contributed by atoms with Crippen LogP contribution in [0.5, 0.6) is 0 Å². The fraction of sp³-hybridized carbons (Fsp3) is 0.643. The lowest BCUT2D eigenvalue weighted by Crippen LogP contribution is -2.60. The summed E-state index contributed by atoms with van der Waals surface area (Å²) in [5.74, 6) is 1.12.